The molecule has 0 bridgehead atoms. The average molecular weight is 323 g/mol. The van der Waals surface area contributed by atoms with Crippen LogP contribution in [0, 0.1) is 0 Å². The highest BCUT2D eigenvalue weighted by atomic mass is 35.5. The van der Waals surface area contributed by atoms with E-state index in [4.69, 9.17) is 27.9 Å². The molecule has 1 atom stereocenters. The second-order valence-corrected chi connectivity index (χ2v) is 5.99. The minimum absolute atomic E-state index is 0.292. The molecule has 1 aliphatic rings. The maximum atomic E-state index is 9.41. The van der Waals surface area contributed by atoms with Gasteiger partial charge in [-0.25, -0.2) is 0 Å². The Bertz CT molecular complexity index is 638. The number of aryl methyl sites for hydroxylation is 1. The molecule has 1 unspecified atom stereocenters. The molecule has 2 nitrogen and oxygen atoms in total. The maximum Gasteiger partial charge on any atom is 0.138 e. The minimum Gasteiger partial charge on any atom is -0.508 e. The lowest BCUT2D eigenvalue weighted by Gasteiger charge is -2.14. The summed E-state index contributed by atoms with van der Waals surface area (Å²) < 4.78 is 5.57. The van der Waals surface area contributed by atoms with Crippen LogP contribution in [0.15, 0.2) is 36.4 Å². The molecule has 0 spiro atoms. The van der Waals surface area contributed by atoms with Gasteiger partial charge in [0.1, 0.15) is 18.1 Å². The molecule has 0 heterocycles. The molecule has 2 aromatic rings. The zero-order chi connectivity index (χ0) is 14.8. The Hall–Kier alpha value is -1.38. The Balaban J connectivity index is 1.91. The Morgan fingerprint density at radius 3 is 2.67 bits per heavy atom. The first-order valence-corrected chi connectivity index (χ1v) is 7.90. The number of fused-ring (bicyclic) bond motifs is 1. The second kappa shape index (κ2) is 6.17. The van der Waals surface area contributed by atoms with Crippen molar-refractivity contribution in [3.05, 3.63) is 58.1 Å². The third kappa shape index (κ3) is 2.97. The Kier molecular flexibility index (Phi) is 4.27. The first-order valence-electron chi connectivity index (χ1n) is 6.99. The lowest BCUT2D eigenvalue weighted by Crippen LogP contribution is -2.00. The molecule has 21 heavy (non-hydrogen) atoms. The molecular formula is C17H16Cl2O2. The lowest BCUT2D eigenvalue weighted by atomic mass is 9.93. The molecule has 0 radical (unpaired) electrons. The molecule has 0 amide bonds. The van der Waals surface area contributed by atoms with Gasteiger partial charge in [-0.05, 0) is 53.8 Å². The Labute approximate surface area is 134 Å². The monoisotopic (exact) mass is 322 g/mol. The third-order valence-corrected chi connectivity index (χ3v) is 4.35. The number of benzene rings is 2. The summed E-state index contributed by atoms with van der Waals surface area (Å²) in [5.41, 5.74) is 3.74. The van der Waals surface area contributed by atoms with Gasteiger partial charge in [-0.2, -0.15) is 0 Å². The van der Waals surface area contributed by atoms with Crippen molar-refractivity contribution in [2.45, 2.75) is 18.8 Å². The van der Waals surface area contributed by atoms with Crippen molar-refractivity contribution in [2.24, 2.45) is 0 Å². The highest BCUT2D eigenvalue weighted by Gasteiger charge is 2.25. The van der Waals surface area contributed by atoms with E-state index in [-0.39, 0.29) is 0 Å². The largest absolute Gasteiger partial charge is 0.508 e. The van der Waals surface area contributed by atoms with E-state index in [0.29, 0.717) is 34.9 Å². The van der Waals surface area contributed by atoms with Crippen molar-refractivity contribution in [1.82, 2.24) is 0 Å². The SMILES string of the molecule is Oc1ccc(C2CCc3cc(OCCCl)c(Cl)cc32)cc1. The Morgan fingerprint density at radius 1 is 1.19 bits per heavy atom. The number of rotatable bonds is 4. The standard InChI is InChI=1S/C17H16Cl2O2/c18-7-8-21-17-9-12-3-6-14(15(12)10-16(17)19)11-1-4-13(20)5-2-11/h1-2,4-5,9-10,14,20H,3,6-8H2. The van der Waals surface area contributed by atoms with Gasteiger partial charge in [0, 0.05) is 5.92 Å². The molecule has 110 valence electrons. The summed E-state index contributed by atoms with van der Waals surface area (Å²) in [5, 5.41) is 10.0. The van der Waals surface area contributed by atoms with Crippen LogP contribution in [0.2, 0.25) is 5.02 Å². The first-order chi connectivity index (χ1) is 10.2. The van der Waals surface area contributed by atoms with Gasteiger partial charge in [0.15, 0.2) is 0 Å². The van der Waals surface area contributed by atoms with Gasteiger partial charge in [0.25, 0.3) is 0 Å². The number of hydrogen-bond acceptors (Lipinski definition) is 2. The predicted octanol–water partition coefficient (Wildman–Crippen LogP) is 4.74. The zero-order valence-electron chi connectivity index (χ0n) is 11.5. The van der Waals surface area contributed by atoms with E-state index in [9.17, 15) is 5.11 Å². The molecule has 0 aromatic heterocycles. The number of aromatic hydroxyl groups is 1. The van der Waals surface area contributed by atoms with Gasteiger partial charge >= 0.3 is 0 Å². The fourth-order valence-corrected chi connectivity index (χ4v) is 3.22. The molecule has 0 fully saturated rings. The highest BCUT2D eigenvalue weighted by molar-refractivity contribution is 6.32. The molecule has 0 saturated heterocycles. The van der Waals surface area contributed by atoms with Crippen LogP contribution in [0.3, 0.4) is 0 Å². The van der Waals surface area contributed by atoms with Crippen molar-refractivity contribution in [2.75, 3.05) is 12.5 Å². The van der Waals surface area contributed by atoms with E-state index in [2.05, 4.69) is 0 Å². The summed E-state index contributed by atoms with van der Waals surface area (Å²) in [5.74, 6) is 1.78. The quantitative estimate of drug-likeness (QED) is 0.824. The van der Waals surface area contributed by atoms with E-state index in [1.807, 2.05) is 24.3 Å². The van der Waals surface area contributed by atoms with Gasteiger partial charge in [-0.1, -0.05) is 23.7 Å². The first kappa shape index (κ1) is 14.6. The number of alkyl halides is 1. The average Bonchev–Trinajstić information content (AvgIpc) is 2.88. The van der Waals surface area contributed by atoms with Crippen LogP contribution in [0.4, 0.5) is 0 Å². The molecular weight excluding hydrogens is 307 g/mol. The summed E-state index contributed by atoms with van der Waals surface area (Å²) in [7, 11) is 0. The van der Waals surface area contributed by atoms with Gasteiger partial charge in [0.2, 0.25) is 0 Å². The normalized spacial score (nSPS) is 16.8. The molecule has 0 aliphatic heterocycles. The fourth-order valence-electron chi connectivity index (χ4n) is 2.92. The minimum atomic E-state index is 0.292. The van der Waals surface area contributed by atoms with Crippen molar-refractivity contribution in [3.63, 3.8) is 0 Å². The van der Waals surface area contributed by atoms with E-state index < -0.39 is 0 Å². The molecule has 1 aliphatic carbocycles. The van der Waals surface area contributed by atoms with Crippen molar-refractivity contribution >= 4 is 23.2 Å². The smallest absolute Gasteiger partial charge is 0.138 e. The molecule has 4 heteroatoms. The third-order valence-electron chi connectivity index (χ3n) is 3.90. The summed E-state index contributed by atoms with van der Waals surface area (Å²) in [6.07, 6.45) is 2.06. The van der Waals surface area contributed by atoms with Gasteiger partial charge in [-0.15, -0.1) is 11.6 Å². The summed E-state index contributed by atoms with van der Waals surface area (Å²) in [6, 6.07) is 11.4. The van der Waals surface area contributed by atoms with Crippen LogP contribution in [0.1, 0.15) is 29.0 Å². The fraction of sp³-hybridized carbons (Fsp3) is 0.294. The molecule has 3 rings (SSSR count). The van der Waals surface area contributed by atoms with Crippen molar-refractivity contribution < 1.29 is 9.84 Å². The van der Waals surface area contributed by atoms with Crippen molar-refractivity contribution in [1.29, 1.82) is 0 Å². The van der Waals surface area contributed by atoms with Gasteiger partial charge in [0.05, 0.1) is 10.9 Å². The maximum absolute atomic E-state index is 9.41. The van der Waals surface area contributed by atoms with Crippen LogP contribution in [-0.4, -0.2) is 17.6 Å². The number of ether oxygens (including phenoxy) is 1. The summed E-state index contributed by atoms with van der Waals surface area (Å²) >= 11 is 12.0. The summed E-state index contributed by atoms with van der Waals surface area (Å²) in [6.45, 7) is 0.460. The van der Waals surface area contributed by atoms with Gasteiger partial charge in [-0.3, -0.25) is 0 Å². The van der Waals surface area contributed by atoms with Crippen molar-refractivity contribution in [3.8, 4) is 11.5 Å². The van der Waals surface area contributed by atoms with Gasteiger partial charge < -0.3 is 9.84 Å². The number of halogens is 2. The second-order valence-electron chi connectivity index (χ2n) is 5.20. The molecule has 0 saturated carbocycles. The molecule has 1 N–H and O–H groups in total. The number of hydrogen-bond donors (Lipinski definition) is 1. The van der Waals surface area contributed by atoms with Crippen LogP contribution in [0.25, 0.3) is 0 Å². The lowest BCUT2D eigenvalue weighted by molar-refractivity contribution is 0.342. The van der Waals surface area contributed by atoms with E-state index in [1.165, 1.54) is 16.7 Å². The Morgan fingerprint density at radius 2 is 1.95 bits per heavy atom. The predicted molar refractivity (Wildman–Crippen MR) is 85.9 cm³/mol. The topological polar surface area (TPSA) is 29.5 Å². The van der Waals surface area contributed by atoms with E-state index in [0.717, 1.165) is 12.8 Å². The number of phenols is 1. The van der Waals surface area contributed by atoms with Crippen LogP contribution in [0.5, 0.6) is 11.5 Å². The highest BCUT2D eigenvalue weighted by Crippen LogP contribution is 2.42. The summed E-state index contributed by atoms with van der Waals surface area (Å²) in [4.78, 5) is 0. The van der Waals surface area contributed by atoms with Crippen LogP contribution < -0.4 is 4.74 Å². The number of phenolic OH excluding ortho intramolecular Hbond substituents is 1. The molecule has 2 aromatic carbocycles. The van der Waals surface area contributed by atoms with Crippen LogP contribution in [-0.2, 0) is 6.42 Å². The van der Waals surface area contributed by atoms with Crippen LogP contribution >= 0.6 is 23.2 Å². The zero-order valence-corrected chi connectivity index (χ0v) is 13.0. The van der Waals surface area contributed by atoms with E-state index >= 15 is 0 Å². The van der Waals surface area contributed by atoms with E-state index in [1.54, 1.807) is 12.1 Å².